The number of nitrogens with zero attached hydrogens (tertiary/aromatic N) is 2. The Labute approximate surface area is 123 Å². The van der Waals surface area contributed by atoms with Gasteiger partial charge in [0.15, 0.2) is 0 Å². The number of nitrogens with one attached hydrogen (secondary N) is 1. The fourth-order valence-electron chi connectivity index (χ4n) is 2.97. The smallest absolute Gasteiger partial charge is 0.282 e. The molecule has 1 N–H and O–H groups in total. The highest BCUT2D eigenvalue weighted by Crippen LogP contribution is 2.24. The van der Waals surface area contributed by atoms with E-state index in [9.17, 15) is 8.42 Å². The molecule has 114 valence electrons. The van der Waals surface area contributed by atoms with Crippen molar-refractivity contribution in [2.45, 2.75) is 44.6 Å². The number of hydrogen-bond acceptors (Lipinski definition) is 3. The van der Waals surface area contributed by atoms with Crippen LogP contribution in [0.15, 0.2) is 0 Å². The monoisotopic (exact) mass is 311 g/mol. The van der Waals surface area contributed by atoms with Crippen LogP contribution < -0.4 is 5.32 Å². The second kappa shape index (κ2) is 7.78. The van der Waals surface area contributed by atoms with Crippen molar-refractivity contribution < 1.29 is 8.42 Å². The van der Waals surface area contributed by atoms with Gasteiger partial charge in [-0.15, -0.1) is 12.4 Å². The lowest BCUT2D eigenvalue weighted by Gasteiger charge is -2.30. The van der Waals surface area contributed by atoms with Gasteiger partial charge in [-0.1, -0.05) is 12.8 Å². The van der Waals surface area contributed by atoms with Gasteiger partial charge in [-0.3, -0.25) is 0 Å². The van der Waals surface area contributed by atoms with Crippen LogP contribution in [0.3, 0.4) is 0 Å². The fraction of sp³-hybridized carbons (Fsp3) is 1.00. The molecule has 0 amide bonds. The van der Waals surface area contributed by atoms with Crippen molar-refractivity contribution in [2.75, 3.05) is 33.2 Å². The van der Waals surface area contributed by atoms with Gasteiger partial charge < -0.3 is 5.32 Å². The largest absolute Gasteiger partial charge is 0.318 e. The van der Waals surface area contributed by atoms with E-state index >= 15 is 0 Å². The van der Waals surface area contributed by atoms with Crippen molar-refractivity contribution in [2.24, 2.45) is 0 Å². The summed E-state index contributed by atoms with van der Waals surface area (Å²) in [5.41, 5.74) is 0. The van der Waals surface area contributed by atoms with Crippen LogP contribution in [-0.2, 0) is 10.2 Å². The van der Waals surface area contributed by atoms with Gasteiger partial charge in [-0.2, -0.15) is 17.0 Å². The molecule has 0 aliphatic carbocycles. The van der Waals surface area contributed by atoms with Crippen LogP contribution >= 0.6 is 12.4 Å². The summed E-state index contributed by atoms with van der Waals surface area (Å²) in [4.78, 5) is 0. The summed E-state index contributed by atoms with van der Waals surface area (Å²) in [5.74, 6) is 0. The number of halogens is 1. The lowest BCUT2D eigenvalue weighted by Crippen LogP contribution is -2.48. The zero-order chi connectivity index (χ0) is 13.0. The predicted octanol–water partition coefficient (Wildman–Crippen LogP) is 1.21. The molecule has 0 aromatic heterocycles. The molecule has 5 nitrogen and oxygen atoms in total. The van der Waals surface area contributed by atoms with Crippen molar-refractivity contribution in [3.63, 3.8) is 0 Å². The third-order valence-corrected chi connectivity index (χ3v) is 6.04. The third kappa shape index (κ3) is 4.04. The molecule has 2 heterocycles. The van der Waals surface area contributed by atoms with Crippen molar-refractivity contribution in [1.29, 1.82) is 0 Å². The van der Waals surface area contributed by atoms with Crippen LogP contribution in [0.1, 0.15) is 38.5 Å². The second-order valence-electron chi connectivity index (χ2n) is 5.29. The van der Waals surface area contributed by atoms with E-state index in [-0.39, 0.29) is 18.4 Å². The molecule has 0 spiro atoms. The molecule has 19 heavy (non-hydrogen) atoms. The summed E-state index contributed by atoms with van der Waals surface area (Å²) in [6.07, 6.45) is 6.29. The SMILES string of the molecule is CNCC1CCCN1S(=O)(=O)N1CCCCCC1.Cl. The molecule has 2 rings (SSSR count). The summed E-state index contributed by atoms with van der Waals surface area (Å²) < 4.78 is 28.7. The van der Waals surface area contributed by atoms with E-state index in [4.69, 9.17) is 0 Å². The predicted molar refractivity (Wildman–Crippen MR) is 79.9 cm³/mol. The Kier molecular flexibility index (Phi) is 7.04. The van der Waals surface area contributed by atoms with Crippen LogP contribution in [0.4, 0.5) is 0 Å². The highest BCUT2D eigenvalue weighted by molar-refractivity contribution is 7.86. The number of rotatable bonds is 4. The summed E-state index contributed by atoms with van der Waals surface area (Å²) in [7, 11) is -1.35. The highest BCUT2D eigenvalue weighted by Gasteiger charge is 2.37. The van der Waals surface area contributed by atoms with Gasteiger partial charge >= 0.3 is 0 Å². The van der Waals surface area contributed by atoms with Gasteiger partial charge in [0.1, 0.15) is 0 Å². The van der Waals surface area contributed by atoms with Crippen molar-refractivity contribution in [3.05, 3.63) is 0 Å². The Morgan fingerprint density at radius 2 is 1.68 bits per heavy atom. The zero-order valence-corrected chi connectivity index (χ0v) is 13.3. The first-order chi connectivity index (χ1) is 8.66. The molecular formula is C12H26ClN3O2S. The third-order valence-electron chi connectivity index (χ3n) is 3.95. The topological polar surface area (TPSA) is 52.7 Å². The molecule has 0 bridgehead atoms. The fourth-order valence-corrected chi connectivity index (χ4v) is 4.91. The van der Waals surface area contributed by atoms with Crippen LogP contribution in [0.2, 0.25) is 0 Å². The van der Waals surface area contributed by atoms with Crippen LogP contribution in [0, 0.1) is 0 Å². The average molecular weight is 312 g/mol. The van der Waals surface area contributed by atoms with Crippen LogP contribution in [0.5, 0.6) is 0 Å². The average Bonchev–Trinajstić information content (AvgIpc) is 2.64. The normalized spacial score (nSPS) is 26.9. The molecule has 0 radical (unpaired) electrons. The molecule has 1 unspecified atom stereocenters. The Bertz CT molecular complexity index is 356. The quantitative estimate of drug-likeness (QED) is 0.849. The van der Waals surface area contributed by atoms with Crippen LogP contribution in [-0.4, -0.2) is 56.3 Å². The van der Waals surface area contributed by atoms with Gasteiger partial charge in [0.05, 0.1) is 0 Å². The van der Waals surface area contributed by atoms with E-state index in [0.717, 1.165) is 45.1 Å². The standard InChI is InChI=1S/C12H25N3O2S.ClH/c1-13-11-12-7-6-10-15(12)18(16,17)14-8-4-2-3-5-9-14;/h12-13H,2-11H2,1H3;1H. The highest BCUT2D eigenvalue weighted by atomic mass is 35.5. The zero-order valence-electron chi connectivity index (χ0n) is 11.7. The van der Waals surface area contributed by atoms with Crippen molar-refractivity contribution >= 4 is 22.6 Å². The maximum absolute atomic E-state index is 12.6. The molecule has 0 aromatic rings. The molecule has 7 heteroatoms. The molecule has 0 saturated carbocycles. The summed E-state index contributed by atoms with van der Waals surface area (Å²) in [6, 6.07) is 0.142. The minimum absolute atomic E-state index is 0. The van der Waals surface area contributed by atoms with E-state index in [1.54, 1.807) is 8.61 Å². The van der Waals surface area contributed by atoms with E-state index in [1.807, 2.05) is 7.05 Å². The minimum Gasteiger partial charge on any atom is -0.318 e. The maximum Gasteiger partial charge on any atom is 0.282 e. The Hall–Kier alpha value is 0.120. The maximum atomic E-state index is 12.6. The van der Waals surface area contributed by atoms with E-state index in [2.05, 4.69) is 5.32 Å². The Morgan fingerprint density at radius 1 is 1.05 bits per heavy atom. The van der Waals surface area contributed by atoms with Gasteiger partial charge in [0, 0.05) is 32.2 Å². The van der Waals surface area contributed by atoms with Gasteiger partial charge in [-0.25, -0.2) is 0 Å². The molecule has 0 aromatic carbocycles. The number of likely N-dealkylation sites (N-methyl/N-ethyl adjacent to an activating group) is 1. The number of hydrogen-bond donors (Lipinski definition) is 1. The lowest BCUT2D eigenvalue weighted by molar-refractivity contribution is 0.323. The van der Waals surface area contributed by atoms with E-state index < -0.39 is 10.2 Å². The summed E-state index contributed by atoms with van der Waals surface area (Å²) in [5, 5.41) is 3.10. The molecule has 2 aliphatic heterocycles. The summed E-state index contributed by atoms with van der Waals surface area (Å²) >= 11 is 0. The van der Waals surface area contributed by atoms with Gasteiger partial charge in [0.25, 0.3) is 10.2 Å². The Balaban J connectivity index is 0.00000180. The van der Waals surface area contributed by atoms with Gasteiger partial charge in [-0.05, 0) is 32.7 Å². The van der Waals surface area contributed by atoms with E-state index in [0.29, 0.717) is 19.6 Å². The lowest BCUT2D eigenvalue weighted by atomic mass is 10.2. The molecular weight excluding hydrogens is 286 g/mol. The van der Waals surface area contributed by atoms with Gasteiger partial charge in [0.2, 0.25) is 0 Å². The second-order valence-corrected chi connectivity index (χ2v) is 7.17. The molecule has 1 atom stereocenters. The van der Waals surface area contributed by atoms with Crippen molar-refractivity contribution in [3.8, 4) is 0 Å². The first-order valence-corrected chi connectivity index (χ1v) is 8.47. The van der Waals surface area contributed by atoms with Crippen LogP contribution in [0.25, 0.3) is 0 Å². The van der Waals surface area contributed by atoms with Crippen molar-refractivity contribution in [1.82, 2.24) is 13.9 Å². The molecule has 2 aliphatic rings. The molecule has 2 fully saturated rings. The first kappa shape index (κ1) is 17.2. The molecule has 2 saturated heterocycles. The minimum atomic E-state index is -3.23. The van der Waals surface area contributed by atoms with E-state index in [1.165, 1.54) is 0 Å². The first-order valence-electron chi connectivity index (χ1n) is 7.08. The Morgan fingerprint density at radius 3 is 2.26 bits per heavy atom. The summed E-state index contributed by atoms with van der Waals surface area (Å²) in [6.45, 7) is 2.84.